The van der Waals surface area contributed by atoms with Crippen molar-refractivity contribution in [1.29, 1.82) is 0 Å². The van der Waals surface area contributed by atoms with Gasteiger partial charge in [-0.2, -0.15) is 0 Å². The third kappa shape index (κ3) is 4.81. The van der Waals surface area contributed by atoms with E-state index < -0.39 is 0 Å². The van der Waals surface area contributed by atoms with E-state index in [1.807, 2.05) is 30.3 Å². The lowest BCUT2D eigenvalue weighted by Gasteiger charge is -2.01. The summed E-state index contributed by atoms with van der Waals surface area (Å²) in [6.45, 7) is 0. The van der Waals surface area contributed by atoms with Crippen molar-refractivity contribution in [2.24, 2.45) is 0 Å². The molecule has 2 nitrogen and oxygen atoms in total. The number of halogens is 1. The number of anilines is 1. The molecule has 0 aliphatic heterocycles. The Morgan fingerprint density at radius 1 is 1.05 bits per heavy atom. The molecular formula is C15H12ClNOS. The van der Waals surface area contributed by atoms with Crippen LogP contribution in [0, 0.1) is 0 Å². The van der Waals surface area contributed by atoms with Gasteiger partial charge in [-0.05, 0) is 41.8 Å². The normalized spacial score (nSPS) is 10.6. The van der Waals surface area contributed by atoms with Crippen LogP contribution < -0.4 is 5.32 Å². The number of carbonyl (C=O) groups excluding carboxylic acids is 1. The van der Waals surface area contributed by atoms with Crippen LogP contribution in [-0.4, -0.2) is 5.91 Å². The third-order valence-corrected chi connectivity index (χ3v) is 3.35. The van der Waals surface area contributed by atoms with E-state index >= 15 is 0 Å². The Labute approximate surface area is 121 Å². The zero-order chi connectivity index (χ0) is 13.5. The molecule has 0 fully saturated rings. The zero-order valence-corrected chi connectivity index (χ0v) is 11.6. The fraction of sp³-hybridized carbons (Fsp3) is 0. The van der Waals surface area contributed by atoms with Crippen LogP contribution in [0.1, 0.15) is 0 Å². The predicted octanol–water partition coefficient (Wildman–Crippen LogP) is 4.58. The molecule has 2 rings (SSSR count). The van der Waals surface area contributed by atoms with Gasteiger partial charge >= 0.3 is 0 Å². The zero-order valence-electron chi connectivity index (χ0n) is 10.0. The van der Waals surface area contributed by atoms with Gasteiger partial charge in [0.25, 0.3) is 0 Å². The van der Waals surface area contributed by atoms with E-state index in [1.165, 1.54) is 17.8 Å². The fourth-order valence-electron chi connectivity index (χ4n) is 1.39. The van der Waals surface area contributed by atoms with Gasteiger partial charge in [-0.1, -0.05) is 41.6 Å². The summed E-state index contributed by atoms with van der Waals surface area (Å²) < 4.78 is 0. The molecule has 0 aromatic heterocycles. The van der Waals surface area contributed by atoms with Crippen LogP contribution in [0.5, 0.6) is 0 Å². The first-order chi connectivity index (χ1) is 9.24. The van der Waals surface area contributed by atoms with E-state index in [4.69, 9.17) is 11.6 Å². The lowest BCUT2D eigenvalue weighted by molar-refractivity contribution is -0.111. The summed E-state index contributed by atoms with van der Waals surface area (Å²) in [5, 5.41) is 5.17. The Morgan fingerprint density at radius 3 is 2.42 bits per heavy atom. The van der Waals surface area contributed by atoms with Crippen LogP contribution >= 0.6 is 23.4 Å². The minimum atomic E-state index is -0.161. The molecule has 1 amide bonds. The maximum absolute atomic E-state index is 11.6. The molecule has 0 radical (unpaired) electrons. The second-order valence-electron chi connectivity index (χ2n) is 3.73. The molecule has 0 spiro atoms. The quantitative estimate of drug-likeness (QED) is 0.659. The highest BCUT2D eigenvalue weighted by atomic mass is 35.5. The van der Waals surface area contributed by atoms with Gasteiger partial charge < -0.3 is 5.32 Å². The molecule has 0 atom stereocenters. The topological polar surface area (TPSA) is 29.1 Å². The minimum absolute atomic E-state index is 0.161. The summed E-state index contributed by atoms with van der Waals surface area (Å²) in [7, 11) is 0. The van der Waals surface area contributed by atoms with E-state index in [2.05, 4.69) is 5.32 Å². The fourth-order valence-corrected chi connectivity index (χ4v) is 2.18. The first kappa shape index (κ1) is 13.7. The van der Waals surface area contributed by atoms with E-state index in [-0.39, 0.29) is 5.91 Å². The highest BCUT2D eigenvalue weighted by Gasteiger charge is 1.97. The second kappa shape index (κ2) is 7.02. The Hall–Kier alpha value is -1.71. The van der Waals surface area contributed by atoms with Crippen molar-refractivity contribution < 1.29 is 4.79 Å². The molecule has 0 aliphatic carbocycles. The summed E-state index contributed by atoms with van der Waals surface area (Å²) in [5.41, 5.74) is 0.726. The molecule has 0 heterocycles. The minimum Gasteiger partial charge on any atom is -0.322 e. The molecule has 96 valence electrons. The van der Waals surface area contributed by atoms with Crippen LogP contribution in [0.3, 0.4) is 0 Å². The van der Waals surface area contributed by atoms with Crippen LogP contribution in [0.15, 0.2) is 71.0 Å². The van der Waals surface area contributed by atoms with E-state index in [1.54, 1.807) is 29.7 Å². The van der Waals surface area contributed by atoms with Gasteiger partial charge in [0, 0.05) is 21.7 Å². The van der Waals surface area contributed by atoms with Gasteiger partial charge in [0.1, 0.15) is 0 Å². The van der Waals surface area contributed by atoms with Crippen molar-refractivity contribution in [1.82, 2.24) is 0 Å². The summed E-state index contributed by atoms with van der Waals surface area (Å²) in [5.74, 6) is -0.161. The molecule has 0 unspecified atom stereocenters. The first-order valence-corrected chi connectivity index (χ1v) is 6.94. The number of nitrogens with one attached hydrogen (secondary N) is 1. The number of thioether (sulfide) groups is 1. The average molecular weight is 290 g/mol. The molecular weight excluding hydrogens is 278 g/mol. The molecule has 0 bridgehead atoms. The highest BCUT2D eigenvalue weighted by molar-refractivity contribution is 8.02. The van der Waals surface area contributed by atoms with Gasteiger partial charge in [0.2, 0.25) is 5.91 Å². The van der Waals surface area contributed by atoms with Gasteiger partial charge in [0.05, 0.1) is 0 Å². The number of rotatable bonds is 4. The van der Waals surface area contributed by atoms with Crippen LogP contribution in [0.2, 0.25) is 5.02 Å². The molecule has 1 N–H and O–H groups in total. The van der Waals surface area contributed by atoms with Gasteiger partial charge in [0.15, 0.2) is 0 Å². The van der Waals surface area contributed by atoms with Crippen molar-refractivity contribution in [2.75, 3.05) is 5.32 Å². The number of carbonyl (C=O) groups is 1. The second-order valence-corrected chi connectivity index (χ2v) is 5.15. The van der Waals surface area contributed by atoms with Gasteiger partial charge in [-0.15, -0.1) is 0 Å². The molecule has 2 aromatic carbocycles. The lowest BCUT2D eigenvalue weighted by Crippen LogP contribution is -2.07. The molecule has 0 aliphatic rings. The van der Waals surface area contributed by atoms with Crippen molar-refractivity contribution in [2.45, 2.75) is 4.90 Å². The van der Waals surface area contributed by atoms with Gasteiger partial charge in [-0.3, -0.25) is 4.79 Å². The van der Waals surface area contributed by atoms with Crippen LogP contribution in [-0.2, 0) is 4.79 Å². The number of benzene rings is 2. The molecule has 2 aromatic rings. The number of amides is 1. The SMILES string of the molecule is O=C(C=CSc1ccccc1)Nc1ccc(Cl)cc1. The van der Waals surface area contributed by atoms with E-state index in [9.17, 15) is 4.79 Å². The predicted molar refractivity (Wildman–Crippen MR) is 81.5 cm³/mol. The Bertz CT molecular complexity index is 566. The number of hydrogen-bond donors (Lipinski definition) is 1. The van der Waals surface area contributed by atoms with Crippen molar-refractivity contribution in [3.63, 3.8) is 0 Å². The maximum atomic E-state index is 11.6. The van der Waals surface area contributed by atoms with Crippen LogP contribution in [0.25, 0.3) is 0 Å². The summed E-state index contributed by atoms with van der Waals surface area (Å²) in [6, 6.07) is 16.9. The van der Waals surface area contributed by atoms with Crippen molar-refractivity contribution in [3.05, 3.63) is 71.1 Å². The van der Waals surface area contributed by atoms with Crippen LogP contribution in [0.4, 0.5) is 5.69 Å². The summed E-state index contributed by atoms with van der Waals surface area (Å²) >= 11 is 7.27. The lowest BCUT2D eigenvalue weighted by atomic mass is 10.3. The maximum Gasteiger partial charge on any atom is 0.248 e. The molecule has 0 saturated carbocycles. The average Bonchev–Trinajstić information content (AvgIpc) is 2.43. The molecule has 0 saturated heterocycles. The Kier molecular flexibility index (Phi) is 5.07. The summed E-state index contributed by atoms with van der Waals surface area (Å²) in [4.78, 5) is 12.7. The molecule has 19 heavy (non-hydrogen) atoms. The Balaban J connectivity index is 1.86. The number of hydrogen-bond acceptors (Lipinski definition) is 2. The Morgan fingerprint density at radius 2 is 1.74 bits per heavy atom. The smallest absolute Gasteiger partial charge is 0.248 e. The van der Waals surface area contributed by atoms with Crippen molar-refractivity contribution in [3.8, 4) is 0 Å². The van der Waals surface area contributed by atoms with Crippen molar-refractivity contribution >= 4 is 35.0 Å². The third-order valence-electron chi connectivity index (χ3n) is 2.28. The molecule has 4 heteroatoms. The summed E-state index contributed by atoms with van der Waals surface area (Å²) in [6.07, 6.45) is 1.51. The highest BCUT2D eigenvalue weighted by Crippen LogP contribution is 2.18. The monoisotopic (exact) mass is 289 g/mol. The van der Waals surface area contributed by atoms with E-state index in [0.717, 1.165) is 10.6 Å². The van der Waals surface area contributed by atoms with E-state index in [0.29, 0.717) is 5.02 Å². The largest absolute Gasteiger partial charge is 0.322 e. The first-order valence-electron chi connectivity index (χ1n) is 5.69. The standard InChI is InChI=1S/C15H12ClNOS/c16-12-6-8-13(9-7-12)17-15(18)10-11-19-14-4-2-1-3-5-14/h1-11H,(H,17,18). The van der Waals surface area contributed by atoms with Gasteiger partial charge in [-0.25, -0.2) is 0 Å².